The fraction of sp³-hybridized carbons (Fsp3) is 1.00. The quantitative estimate of drug-likeness (QED) is 0.574. The van der Waals surface area contributed by atoms with Crippen molar-refractivity contribution in [2.24, 2.45) is 0 Å². The molecule has 17 heavy (non-hydrogen) atoms. The molecule has 0 amide bonds. The summed E-state index contributed by atoms with van der Waals surface area (Å²) in [5.74, 6) is 0. The second kappa shape index (κ2) is 4.95. The Morgan fingerprint density at radius 1 is 0.588 bits per heavy atom. The molecule has 0 aromatic carbocycles. The van der Waals surface area contributed by atoms with E-state index in [4.69, 9.17) is 13.3 Å². The van der Waals surface area contributed by atoms with Crippen LogP contribution in [0, 0.1) is 0 Å². The van der Waals surface area contributed by atoms with Crippen molar-refractivity contribution in [1.82, 2.24) is 0 Å². The number of hydrogen-bond acceptors (Lipinski definition) is 3. The molecule has 0 aliphatic heterocycles. The normalized spacial score (nSPS) is 15.2. The molecule has 0 saturated heterocycles. The zero-order chi connectivity index (χ0) is 14.1. The summed E-state index contributed by atoms with van der Waals surface area (Å²) in [6.07, 6.45) is 0. The molecule has 5 heteroatoms. The summed E-state index contributed by atoms with van der Waals surface area (Å²) in [7, 11) is -4.16. The first-order valence-electron chi connectivity index (χ1n) is 5.91. The summed E-state index contributed by atoms with van der Waals surface area (Å²) < 4.78 is 31.0. The van der Waals surface area contributed by atoms with Crippen molar-refractivity contribution in [3.8, 4) is 0 Å². The van der Waals surface area contributed by atoms with Crippen molar-refractivity contribution in [2.75, 3.05) is 0 Å². The van der Waals surface area contributed by atoms with Gasteiger partial charge >= 0.3 is 9.14 Å². The molecule has 0 aliphatic rings. The van der Waals surface area contributed by atoms with Crippen LogP contribution in [-0.4, -0.2) is 25.9 Å². The fourth-order valence-corrected chi connectivity index (χ4v) is 3.48. The summed E-state index contributed by atoms with van der Waals surface area (Å²) in [5, 5.41) is 0. The van der Waals surface area contributed by atoms with Gasteiger partial charge in [-0.2, -0.15) is 0 Å². The highest BCUT2D eigenvalue weighted by Crippen LogP contribution is 2.29. The third-order valence-electron chi connectivity index (χ3n) is 1.28. The third kappa shape index (κ3) is 9.70. The van der Waals surface area contributed by atoms with Gasteiger partial charge in [-0.15, -0.1) is 0 Å². The van der Waals surface area contributed by atoms with Gasteiger partial charge in [-0.25, -0.2) is 4.11 Å². The zero-order valence-corrected chi connectivity index (χ0v) is 13.6. The SMILES string of the molecule is CC(C)(C)O[Si](F)(OC(C)(C)C)OC(C)(C)C. The average Bonchev–Trinajstić information content (AvgIpc) is 1.65. The van der Waals surface area contributed by atoms with Crippen molar-refractivity contribution in [3.05, 3.63) is 0 Å². The lowest BCUT2D eigenvalue weighted by Gasteiger charge is -2.37. The summed E-state index contributed by atoms with van der Waals surface area (Å²) in [5.41, 5.74) is -1.92. The average molecular weight is 266 g/mol. The molecule has 0 aliphatic carbocycles. The molecule has 0 heterocycles. The highest BCUT2D eigenvalue weighted by atomic mass is 28.4. The molecular weight excluding hydrogens is 239 g/mol. The first-order chi connectivity index (χ1) is 7.12. The molecule has 0 unspecified atom stereocenters. The minimum atomic E-state index is -4.16. The van der Waals surface area contributed by atoms with Crippen LogP contribution in [0.4, 0.5) is 4.11 Å². The summed E-state index contributed by atoms with van der Waals surface area (Å²) >= 11 is 0. The maximum atomic E-state index is 14.8. The van der Waals surface area contributed by atoms with Crippen molar-refractivity contribution in [2.45, 2.75) is 79.1 Å². The second-order valence-electron chi connectivity index (χ2n) is 7.12. The standard InChI is InChI=1S/C12H27FO3Si/c1-10(2,3)14-17(13,15-11(4,5)6)16-12(7,8)9/h1-9H3. The van der Waals surface area contributed by atoms with E-state index in [0.29, 0.717) is 0 Å². The van der Waals surface area contributed by atoms with Gasteiger partial charge in [-0.1, -0.05) is 0 Å². The van der Waals surface area contributed by atoms with E-state index < -0.39 is 25.9 Å². The lowest BCUT2D eigenvalue weighted by Crippen LogP contribution is -2.54. The van der Waals surface area contributed by atoms with E-state index in [0.717, 1.165) is 0 Å². The minimum Gasteiger partial charge on any atom is -0.343 e. The molecule has 3 nitrogen and oxygen atoms in total. The van der Waals surface area contributed by atoms with E-state index in [1.807, 2.05) is 0 Å². The van der Waals surface area contributed by atoms with E-state index in [2.05, 4.69) is 0 Å². The topological polar surface area (TPSA) is 27.7 Å². The Balaban J connectivity index is 4.95. The molecule has 0 spiro atoms. The van der Waals surface area contributed by atoms with Crippen molar-refractivity contribution >= 4 is 9.14 Å². The van der Waals surface area contributed by atoms with Crippen LogP contribution in [0.1, 0.15) is 62.3 Å². The first kappa shape index (κ1) is 17.0. The minimum absolute atomic E-state index is 0.641. The van der Waals surface area contributed by atoms with Crippen LogP contribution < -0.4 is 0 Å². The molecule has 0 atom stereocenters. The van der Waals surface area contributed by atoms with Crippen molar-refractivity contribution in [1.29, 1.82) is 0 Å². The second-order valence-corrected chi connectivity index (χ2v) is 8.70. The van der Waals surface area contributed by atoms with Crippen LogP contribution in [0.5, 0.6) is 0 Å². The molecule has 0 aromatic rings. The summed E-state index contributed by atoms with van der Waals surface area (Å²) in [6.45, 7) is 16.1. The summed E-state index contributed by atoms with van der Waals surface area (Å²) in [4.78, 5) is 0. The van der Waals surface area contributed by atoms with Gasteiger partial charge in [-0.05, 0) is 62.3 Å². The van der Waals surface area contributed by atoms with Gasteiger partial charge in [0, 0.05) is 0 Å². The van der Waals surface area contributed by atoms with Crippen LogP contribution >= 0.6 is 0 Å². The van der Waals surface area contributed by atoms with E-state index in [-0.39, 0.29) is 0 Å². The van der Waals surface area contributed by atoms with Crippen LogP contribution in [0.25, 0.3) is 0 Å². The molecule has 0 N–H and O–H groups in total. The molecule has 0 radical (unpaired) electrons. The predicted molar refractivity (Wildman–Crippen MR) is 69.4 cm³/mol. The molecule has 0 bridgehead atoms. The van der Waals surface area contributed by atoms with Gasteiger partial charge in [0.2, 0.25) is 0 Å². The number of halogens is 1. The lowest BCUT2D eigenvalue weighted by atomic mass is 10.2. The smallest absolute Gasteiger partial charge is 0.343 e. The van der Waals surface area contributed by atoms with E-state index in [1.54, 1.807) is 62.3 Å². The van der Waals surface area contributed by atoms with Gasteiger partial charge in [0.15, 0.2) is 0 Å². The Morgan fingerprint density at radius 2 is 0.765 bits per heavy atom. The van der Waals surface area contributed by atoms with Crippen LogP contribution in [0.2, 0.25) is 0 Å². The van der Waals surface area contributed by atoms with Gasteiger partial charge in [0.1, 0.15) is 0 Å². The Bertz CT molecular complexity index is 207. The van der Waals surface area contributed by atoms with Gasteiger partial charge in [0.25, 0.3) is 0 Å². The molecule has 0 saturated carbocycles. The van der Waals surface area contributed by atoms with Crippen LogP contribution in [-0.2, 0) is 13.3 Å². The number of rotatable bonds is 3. The first-order valence-corrected chi connectivity index (χ1v) is 7.52. The molecule has 0 fully saturated rings. The van der Waals surface area contributed by atoms with Crippen molar-refractivity contribution in [3.63, 3.8) is 0 Å². The number of hydrogen-bond donors (Lipinski definition) is 0. The highest BCUT2D eigenvalue weighted by Gasteiger charge is 2.53. The van der Waals surface area contributed by atoms with Gasteiger partial charge in [-0.3, -0.25) is 0 Å². The predicted octanol–water partition coefficient (Wildman–Crippen LogP) is 3.84. The fourth-order valence-electron chi connectivity index (χ4n) is 1.16. The molecule has 104 valence electrons. The van der Waals surface area contributed by atoms with Gasteiger partial charge < -0.3 is 13.3 Å². The van der Waals surface area contributed by atoms with Crippen molar-refractivity contribution < 1.29 is 17.4 Å². The van der Waals surface area contributed by atoms with Crippen LogP contribution in [0.15, 0.2) is 0 Å². The Kier molecular flexibility index (Phi) is 4.96. The third-order valence-corrected chi connectivity index (χ3v) is 3.85. The van der Waals surface area contributed by atoms with E-state index in [9.17, 15) is 4.11 Å². The van der Waals surface area contributed by atoms with Gasteiger partial charge in [0.05, 0.1) is 16.8 Å². The molecular formula is C12H27FO3Si. The Labute approximate surface area is 106 Å². The molecule has 0 rings (SSSR count). The van der Waals surface area contributed by atoms with Crippen LogP contribution in [0.3, 0.4) is 0 Å². The Hall–Kier alpha value is 0.0269. The lowest BCUT2D eigenvalue weighted by molar-refractivity contribution is -0.102. The maximum Gasteiger partial charge on any atom is 0.721 e. The maximum absolute atomic E-state index is 14.8. The Morgan fingerprint density at radius 3 is 0.882 bits per heavy atom. The highest BCUT2D eigenvalue weighted by molar-refractivity contribution is 6.53. The summed E-state index contributed by atoms with van der Waals surface area (Å²) in [6, 6.07) is 0. The van der Waals surface area contributed by atoms with E-state index in [1.165, 1.54) is 0 Å². The zero-order valence-electron chi connectivity index (χ0n) is 12.6. The largest absolute Gasteiger partial charge is 0.721 e. The monoisotopic (exact) mass is 266 g/mol. The molecule has 0 aromatic heterocycles. The van der Waals surface area contributed by atoms with E-state index >= 15 is 0 Å².